The second kappa shape index (κ2) is 12.7. The van der Waals surface area contributed by atoms with Crippen molar-refractivity contribution in [2.24, 2.45) is 0 Å². The number of piperidine rings is 1. The van der Waals surface area contributed by atoms with E-state index in [0.29, 0.717) is 29.7 Å². The average Bonchev–Trinajstić information content (AvgIpc) is 3.35. The fourth-order valence-corrected chi connectivity index (χ4v) is 5.59. The number of nitrogens with one attached hydrogen (secondary N) is 1. The summed E-state index contributed by atoms with van der Waals surface area (Å²) in [6, 6.07) is 28.7. The zero-order chi connectivity index (χ0) is 28.0. The van der Waals surface area contributed by atoms with Crippen molar-refractivity contribution in [3.05, 3.63) is 119 Å². The van der Waals surface area contributed by atoms with Crippen LogP contribution >= 0.6 is 11.6 Å². The van der Waals surface area contributed by atoms with Gasteiger partial charge in [-0.15, -0.1) is 0 Å². The fourth-order valence-electron chi connectivity index (χ4n) is 5.47. The van der Waals surface area contributed by atoms with E-state index in [9.17, 15) is 9.90 Å². The highest BCUT2D eigenvalue weighted by Crippen LogP contribution is 2.42. The summed E-state index contributed by atoms with van der Waals surface area (Å²) in [5.74, 6) is 0.403. The SMILES string of the molecule is CC(CO)NC(=O)Oc1c(CN2CCC(c3ccccc3)(c3ccccc3)CC2)ncn1Cc1ccc(Cl)cc1. The molecule has 0 aliphatic carbocycles. The van der Waals surface area contributed by atoms with E-state index < -0.39 is 12.1 Å². The Labute approximate surface area is 240 Å². The molecule has 1 aromatic heterocycles. The van der Waals surface area contributed by atoms with Crippen LogP contribution in [0.25, 0.3) is 0 Å². The minimum absolute atomic E-state index is 0.0490. The molecule has 3 aromatic carbocycles. The van der Waals surface area contributed by atoms with Crippen LogP contribution in [0.15, 0.2) is 91.3 Å². The molecule has 2 N–H and O–H groups in total. The number of aliphatic hydroxyl groups is 1. The lowest BCUT2D eigenvalue weighted by atomic mass is 9.68. The third-order valence-corrected chi connectivity index (χ3v) is 7.94. The molecule has 8 heteroatoms. The molecule has 0 saturated carbocycles. The molecule has 4 aromatic rings. The zero-order valence-electron chi connectivity index (χ0n) is 22.7. The van der Waals surface area contributed by atoms with Gasteiger partial charge >= 0.3 is 6.09 Å². The predicted molar refractivity (Wildman–Crippen MR) is 157 cm³/mol. The maximum Gasteiger partial charge on any atom is 0.414 e. The van der Waals surface area contributed by atoms with Gasteiger partial charge in [0.2, 0.25) is 5.88 Å². The Hall–Kier alpha value is -3.65. The van der Waals surface area contributed by atoms with E-state index in [1.54, 1.807) is 13.3 Å². The first-order chi connectivity index (χ1) is 19.5. The Bertz CT molecular complexity index is 1340. The molecule has 1 fully saturated rings. The molecular formula is C32H35ClN4O3. The van der Waals surface area contributed by atoms with E-state index in [1.165, 1.54) is 11.1 Å². The number of ether oxygens (including phenoxy) is 1. The monoisotopic (exact) mass is 558 g/mol. The lowest BCUT2D eigenvalue weighted by Crippen LogP contribution is -2.43. The molecule has 1 amide bonds. The van der Waals surface area contributed by atoms with Crippen LogP contribution in [-0.2, 0) is 18.5 Å². The first kappa shape index (κ1) is 27.9. The van der Waals surface area contributed by atoms with Crippen molar-refractivity contribution in [3.63, 3.8) is 0 Å². The van der Waals surface area contributed by atoms with Crippen LogP contribution in [-0.4, -0.2) is 51.4 Å². The molecule has 1 aliphatic heterocycles. The third kappa shape index (κ3) is 6.39. The van der Waals surface area contributed by atoms with Crippen molar-refractivity contribution in [2.75, 3.05) is 19.7 Å². The van der Waals surface area contributed by atoms with Gasteiger partial charge in [0.15, 0.2) is 0 Å². The molecule has 1 unspecified atom stereocenters. The fraction of sp³-hybridized carbons (Fsp3) is 0.312. The summed E-state index contributed by atoms with van der Waals surface area (Å²) >= 11 is 6.07. The molecule has 1 aliphatic rings. The number of carbonyl (C=O) groups is 1. The smallest absolute Gasteiger partial charge is 0.394 e. The molecule has 208 valence electrons. The van der Waals surface area contributed by atoms with Crippen molar-refractivity contribution >= 4 is 17.7 Å². The van der Waals surface area contributed by atoms with Gasteiger partial charge in [-0.05, 0) is 61.7 Å². The van der Waals surface area contributed by atoms with Crippen LogP contribution in [0.5, 0.6) is 5.88 Å². The van der Waals surface area contributed by atoms with Gasteiger partial charge in [0.1, 0.15) is 5.69 Å². The highest BCUT2D eigenvalue weighted by molar-refractivity contribution is 6.30. The first-order valence-electron chi connectivity index (χ1n) is 13.7. The van der Waals surface area contributed by atoms with Gasteiger partial charge < -0.3 is 15.2 Å². The van der Waals surface area contributed by atoms with E-state index in [0.717, 1.165) is 31.5 Å². The number of benzene rings is 3. The van der Waals surface area contributed by atoms with Gasteiger partial charge in [-0.3, -0.25) is 9.47 Å². The van der Waals surface area contributed by atoms with Gasteiger partial charge in [-0.2, -0.15) is 0 Å². The largest absolute Gasteiger partial charge is 0.414 e. The summed E-state index contributed by atoms with van der Waals surface area (Å²) in [6.07, 6.45) is 3.03. The lowest BCUT2D eigenvalue weighted by molar-refractivity contribution is 0.165. The van der Waals surface area contributed by atoms with Crippen LogP contribution in [0.3, 0.4) is 0 Å². The molecule has 40 heavy (non-hydrogen) atoms. The van der Waals surface area contributed by atoms with Gasteiger partial charge in [-0.1, -0.05) is 84.4 Å². The standard InChI is InChI=1S/C32H35ClN4O3/c1-24(22-38)35-31(39)40-30-29(34-23-37(30)20-25-12-14-28(33)15-13-25)21-36-18-16-32(17-19-36,26-8-4-2-5-9-26)27-10-6-3-7-11-27/h2-15,23-24,38H,16-22H2,1H3,(H,35,39). The quantitative estimate of drug-likeness (QED) is 0.278. The highest BCUT2D eigenvalue weighted by atomic mass is 35.5. The number of hydrogen-bond acceptors (Lipinski definition) is 5. The Kier molecular flexibility index (Phi) is 8.85. The maximum atomic E-state index is 12.7. The van der Waals surface area contributed by atoms with Crippen LogP contribution in [0.4, 0.5) is 4.79 Å². The van der Waals surface area contributed by atoms with Crippen LogP contribution < -0.4 is 10.1 Å². The summed E-state index contributed by atoms with van der Waals surface area (Å²) in [5.41, 5.74) is 4.34. The molecule has 1 saturated heterocycles. The Morgan fingerprint density at radius 3 is 2.15 bits per heavy atom. The molecule has 7 nitrogen and oxygen atoms in total. The minimum atomic E-state index is -0.619. The van der Waals surface area contributed by atoms with Gasteiger partial charge in [0.25, 0.3) is 0 Å². The lowest BCUT2D eigenvalue weighted by Gasteiger charge is -2.42. The molecule has 0 radical (unpaired) electrons. The zero-order valence-corrected chi connectivity index (χ0v) is 23.4. The van der Waals surface area contributed by atoms with Crippen LogP contribution in [0, 0.1) is 0 Å². The summed E-state index contributed by atoms with van der Waals surface area (Å²) in [6.45, 7) is 4.33. The van der Waals surface area contributed by atoms with Crippen molar-refractivity contribution in [1.29, 1.82) is 0 Å². The van der Waals surface area contributed by atoms with Crippen molar-refractivity contribution < 1.29 is 14.6 Å². The minimum Gasteiger partial charge on any atom is -0.394 e. The van der Waals surface area contributed by atoms with Crippen molar-refractivity contribution in [2.45, 2.75) is 44.3 Å². The Balaban J connectivity index is 1.36. The maximum absolute atomic E-state index is 12.7. The highest BCUT2D eigenvalue weighted by Gasteiger charge is 2.38. The molecule has 0 spiro atoms. The summed E-state index contributed by atoms with van der Waals surface area (Å²) in [7, 11) is 0. The van der Waals surface area contributed by atoms with E-state index in [2.05, 4.69) is 75.9 Å². The molecular weight excluding hydrogens is 524 g/mol. The number of aromatic nitrogens is 2. The average molecular weight is 559 g/mol. The van der Waals surface area contributed by atoms with Crippen LogP contribution in [0.2, 0.25) is 5.02 Å². The van der Waals surface area contributed by atoms with E-state index in [1.807, 2.05) is 28.8 Å². The number of imidazole rings is 1. The van der Waals surface area contributed by atoms with Crippen LogP contribution in [0.1, 0.15) is 42.1 Å². The van der Waals surface area contributed by atoms with E-state index in [4.69, 9.17) is 16.3 Å². The number of aliphatic hydroxyl groups excluding tert-OH is 1. The van der Waals surface area contributed by atoms with E-state index in [-0.39, 0.29) is 12.0 Å². The number of halogens is 1. The molecule has 5 rings (SSSR count). The van der Waals surface area contributed by atoms with E-state index >= 15 is 0 Å². The normalized spacial score (nSPS) is 15.9. The molecule has 1 atom stereocenters. The summed E-state index contributed by atoms with van der Waals surface area (Å²) in [4.78, 5) is 19.7. The number of likely N-dealkylation sites (tertiary alicyclic amines) is 1. The van der Waals surface area contributed by atoms with Gasteiger partial charge in [0.05, 0.1) is 25.5 Å². The predicted octanol–water partition coefficient (Wildman–Crippen LogP) is 5.64. The Morgan fingerprint density at radius 1 is 0.975 bits per heavy atom. The van der Waals surface area contributed by atoms with Gasteiger partial charge in [0, 0.05) is 17.0 Å². The first-order valence-corrected chi connectivity index (χ1v) is 14.1. The second-order valence-corrected chi connectivity index (χ2v) is 10.9. The Morgan fingerprint density at radius 2 is 1.57 bits per heavy atom. The number of amides is 1. The number of rotatable bonds is 9. The number of carbonyl (C=O) groups excluding carboxylic acids is 1. The van der Waals surface area contributed by atoms with Crippen molar-refractivity contribution in [1.82, 2.24) is 19.8 Å². The second-order valence-electron chi connectivity index (χ2n) is 10.5. The number of nitrogens with zero attached hydrogens (tertiary/aromatic N) is 3. The summed E-state index contributed by atoms with van der Waals surface area (Å²) < 4.78 is 7.63. The molecule has 2 heterocycles. The summed E-state index contributed by atoms with van der Waals surface area (Å²) in [5, 5.41) is 12.7. The third-order valence-electron chi connectivity index (χ3n) is 7.69. The van der Waals surface area contributed by atoms with Crippen molar-refractivity contribution in [3.8, 4) is 5.88 Å². The topological polar surface area (TPSA) is 79.6 Å². The molecule has 0 bridgehead atoms. The van der Waals surface area contributed by atoms with Gasteiger partial charge in [-0.25, -0.2) is 9.78 Å². The number of hydrogen-bond donors (Lipinski definition) is 2.